The highest BCUT2D eigenvalue weighted by molar-refractivity contribution is 6.05. The van der Waals surface area contributed by atoms with E-state index < -0.39 is 18.7 Å². The molecule has 3 amide bonds. The van der Waals surface area contributed by atoms with Gasteiger partial charge in [-0.15, -0.1) is 0 Å². The maximum Gasteiger partial charge on any atom is 0.329 e. The molecule has 37 heavy (non-hydrogen) atoms. The van der Waals surface area contributed by atoms with E-state index >= 15 is 0 Å². The maximum absolute atomic E-state index is 13.4. The first-order chi connectivity index (χ1) is 18.0. The number of urea groups is 1. The van der Waals surface area contributed by atoms with Crippen LogP contribution in [-0.4, -0.2) is 70.6 Å². The number of fused-ring (bicyclic) bond motifs is 4. The largest absolute Gasteiger partial charge is 0.491 e. The normalized spacial score (nSPS) is 16.6. The zero-order valence-corrected chi connectivity index (χ0v) is 20.1. The molecule has 0 saturated carbocycles. The van der Waals surface area contributed by atoms with Gasteiger partial charge < -0.3 is 25.2 Å². The van der Waals surface area contributed by atoms with E-state index in [1.54, 1.807) is 17.0 Å². The van der Waals surface area contributed by atoms with Gasteiger partial charge in [0.2, 0.25) is 0 Å². The lowest BCUT2D eigenvalue weighted by Gasteiger charge is -2.35. The summed E-state index contributed by atoms with van der Waals surface area (Å²) in [7, 11) is 0. The highest BCUT2D eigenvalue weighted by Gasteiger charge is 2.40. The van der Waals surface area contributed by atoms with Crippen LogP contribution in [0.1, 0.15) is 22.5 Å². The molecule has 2 atom stereocenters. The summed E-state index contributed by atoms with van der Waals surface area (Å²) in [5.74, 6) is 0.757. The number of amides is 3. The van der Waals surface area contributed by atoms with E-state index in [1.807, 2.05) is 36.4 Å². The van der Waals surface area contributed by atoms with Crippen molar-refractivity contribution >= 4 is 29.3 Å². The molecular weight excluding hydrogens is 476 g/mol. The van der Waals surface area contributed by atoms with Crippen LogP contribution in [0.4, 0.5) is 22.1 Å². The Bertz CT molecular complexity index is 1270. The summed E-state index contributed by atoms with van der Waals surface area (Å²) in [5, 5.41) is 24.1. The second-order valence-electron chi connectivity index (χ2n) is 8.92. The van der Waals surface area contributed by atoms with Gasteiger partial charge in [-0.1, -0.05) is 30.3 Å². The Morgan fingerprint density at radius 3 is 2.81 bits per heavy atom. The SMILES string of the molecule is O=C(NCc1ccccc1)c1ccc2c(n1)N(C(=O)Nc1cc(OC[C@H](O)CO)ccn1)C1CCN2C1. The minimum atomic E-state index is -1.01. The van der Waals surface area contributed by atoms with Gasteiger partial charge in [-0.25, -0.2) is 14.8 Å². The minimum absolute atomic E-state index is 0.0929. The van der Waals surface area contributed by atoms with E-state index in [9.17, 15) is 14.7 Å². The maximum atomic E-state index is 13.4. The number of hydrogen-bond acceptors (Lipinski definition) is 8. The van der Waals surface area contributed by atoms with Crippen molar-refractivity contribution in [2.45, 2.75) is 25.1 Å². The molecule has 1 unspecified atom stereocenters. The number of aliphatic hydroxyl groups excluding tert-OH is 2. The third-order valence-corrected chi connectivity index (χ3v) is 6.32. The molecule has 11 nitrogen and oxygen atoms in total. The smallest absolute Gasteiger partial charge is 0.329 e. The minimum Gasteiger partial charge on any atom is -0.491 e. The van der Waals surface area contributed by atoms with Crippen molar-refractivity contribution in [2.75, 3.05) is 41.4 Å². The van der Waals surface area contributed by atoms with E-state index in [2.05, 4.69) is 25.5 Å². The highest BCUT2D eigenvalue weighted by atomic mass is 16.5. The second kappa shape index (κ2) is 10.8. The molecule has 11 heteroatoms. The Kier molecular flexibility index (Phi) is 7.15. The van der Waals surface area contributed by atoms with Crippen LogP contribution in [0.15, 0.2) is 60.8 Å². The number of benzene rings is 1. The van der Waals surface area contributed by atoms with Crippen molar-refractivity contribution in [3.8, 4) is 5.75 Å². The van der Waals surface area contributed by atoms with Gasteiger partial charge >= 0.3 is 6.03 Å². The molecule has 0 radical (unpaired) electrons. The number of carbonyl (C=O) groups excluding carboxylic acids is 2. The molecule has 4 heterocycles. The fourth-order valence-electron chi connectivity index (χ4n) is 4.45. The number of nitrogens with one attached hydrogen (secondary N) is 2. The lowest BCUT2D eigenvalue weighted by molar-refractivity contribution is 0.0536. The Hall–Kier alpha value is -4.22. The summed E-state index contributed by atoms with van der Waals surface area (Å²) in [6, 6.07) is 15.7. The van der Waals surface area contributed by atoms with Crippen molar-refractivity contribution in [3.05, 3.63) is 72.1 Å². The number of ether oxygens (including phenoxy) is 1. The summed E-state index contributed by atoms with van der Waals surface area (Å²) in [6.07, 6.45) is 1.24. The fourth-order valence-corrected chi connectivity index (χ4v) is 4.45. The van der Waals surface area contributed by atoms with E-state index in [1.165, 1.54) is 12.3 Å². The summed E-state index contributed by atoms with van der Waals surface area (Å²) in [5.41, 5.74) is 2.00. The molecule has 3 aromatic rings. The number of nitrogens with zero attached hydrogens (tertiary/aromatic N) is 4. The van der Waals surface area contributed by atoms with Crippen LogP contribution in [0.3, 0.4) is 0 Å². The first-order valence-electron chi connectivity index (χ1n) is 12.1. The average molecular weight is 505 g/mol. The molecule has 0 aliphatic carbocycles. The number of aromatic nitrogens is 2. The predicted octanol–water partition coefficient (Wildman–Crippen LogP) is 1.77. The first kappa shape index (κ1) is 24.5. The van der Waals surface area contributed by atoms with Crippen molar-refractivity contribution in [1.82, 2.24) is 15.3 Å². The van der Waals surface area contributed by atoms with Gasteiger partial charge in [0, 0.05) is 31.9 Å². The lowest BCUT2D eigenvalue weighted by atomic mass is 10.1. The fraction of sp³-hybridized carbons (Fsp3) is 0.308. The van der Waals surface area contributed by atoms with Gasteiger partial charge in [-0.2, -0.15) is 0 Å². The van der Waals surface area contributed by atoms with E-state index in [0.29, 0.717) is 24.7 Å². The van der Waals surface area contributed by atoms with Crippen molar-refractivity contribution in [2.24, 2.45) is 0 Å². The van der Waals surface area contributed by atoms with Crippen molar-refractivity contribution in [1.29, 1.82) is 0 Å². The molecule has 1 aromatic carbocycles. The number of aliphatic hydroxyl groups is 2. The van der Waals surface area contributed by atoms with Crippen LogP contribution in [0.2, 0.25) is 0 Å². The Morgan fingerprint density at radius 1 is 1.16 bits per heavy atom. The first-order valence-corrected chi connectivity index (χ1v) is 12.1. The second-order valence-corrected chi connectivity index (χ2v) is 8.92. The van der Waals surface area contributed by atoms with Crippen LogP contribution in [0.25, 0.3) is 0 Å². The van der Waals surface area contributed by atoms with Crippen LogP contribution in [0.5, 0.6) is 5.75 Å². The average Bonchev–Trinajstić information content (AvgIpc) is 3.35. The van der Waals surface area contributed by atoms with Crippen LogP contribution >= 0.6 is 0 Å². The molecule has 192 valence electrons. The molecule has 0 spiro atoms. The summed E-state index contributed by atoms with van der Waals surface area (Å²) in [6.45, 7) is 1.33. The van der Waals surface area contributed by atoms with E-state index in [-0.39, 0.29) is 30.1 Å². The summed E-state index contributed by atoms with van der Waals surface area (Å²) in [4.78, 5) is 38.8. The van der Waals surface area contributed by atoms with Crippen LogP contribution in [-0.2, 0) is 6.54 Å². The van der Waals surface area contributed by atoms with E-state index in [4.69, 9.17) is 9.84 Å². The van der Waals surface area contributed by atoms with Gasteiger partial charge in [0.05, 0.1) is 18.3 Å². The number of pyridine rings is 2. The number of carbonyl (C=O) groups is 2. The van der Waals surface area contributed by atoms with Gasteiger partial charge in [0.25, 0.3) is 5.91 Å². The van der Waals surface area contributed by atoms with Crippen LogP contribution in [0, 0.1) is 0 Å². The van der Waals surface area contributed by atoms with Crippen LogP contribution < -0.4 is 25.2 Å². The Balaban J connectivity index is 1.33. The van der Waals surface area contributed by atoms with Crippen molar-refractivity contribution < 1.29 is 24.5 Å². The number of hydrogen-bond donors (Lipinski definition) is 4. The molecule has 4 N–H and O–H groups in total. The molecule has 1 fully saturated rings. The molecular formula is C26H28N6O5. The third kappa shape index (κ3) is 5.47. The van der Waals surface area contributed by atoms with Crippen molar-refractivity contribution in [3.63, 3.8) is 0 Å². The number of anilines is 3. The third-order valence-electron chi connectivity index (χ3n) is 6.32. The van der Waals surface area contributed by atoms with Gasteiger partial charge in [-0.05, 0) is 30.2 Å². The standard InChI is InChI=1S/C26H28N6O5/c33-15-19(34)16-37-20-8-10-27-23(12-20)30-26(36)32-18-9-11-31(14-18)22-7-6-21(29-24(22)32)25(35)28-13-17-4-2-1-3-5-17/h1-8,10,12,18-19,33-34H,9,11,13-16H2,(H,28,35)(H,27,30,36)/t18?,19-/m1/s1. The molecule has 2 aliphatic heterocycles. The highest BCUT2D eigenvalue weighted by Crippen LogP contribution is 2.39. The molecule has 5 rings (SSSR count). The summed E-state index contributed by atoms with van der Waals surface area (Å²) >= 11 is 0. The quantitative estimate of drug-likeness (QED) is 0.364. The predicted molar refractivity (Wildman–Crippen MR) is 137 cm³/mol. The molecule has 2 aromatic heterocycles. The Morgan fingerprint density at radius 2 is 2.00 bits per heavy atom. The van der Waals surface area contributed by atoms with Gasteiger partial charge in [0.15, 0.2) is 5.82 Å². The zero-order chi connectivity index (χ0) is 25.8. The lowest BCUT2D eigenvalue weighted by Crippen LogP contribution is -2.48. The summed E-state index contributed by atoms with van der Waals surface area (Å²) < 4.78 is 5.45. The molecule has 2 bridgehead atoms. The van der Waals surface area contributed by atoms with E-state index in [0.717, 1.165) is 24.2 Å². The van der Waals surface area contributed by atoms with Gasteiger partial charge in [-0.3, -0.25) is 15.0 Å². The molecule has 1 saturated heterocycles. The molecule has 2 aliphatic rings. The number of rotatable bonds is 8. The van der Waals surface area contributed by atoms with Gasteiger partial charge in [0.1, 0.15) is 30.0 Å². The topological polar surface area (TPSA) is 140 Å². The Labute approximate surface area is 213 Å². The monoisotopic (exact) mass is 504 g/mol. The zero-order valence-electron chi connectivity index (χ0n) is 20.1.